The van der Waals surface area contributed by atoms with Gasteiger partial charge in [-0.1, -0.05) is 25.5 Å². The van der Waals surface area contributed by atoms with E-state index in [9.17, 15) is 14.9 Å². The Kier molecular flexibility index (Phi) is 9.48. The molecule has 2 aromatic carbocycles. The molecule has 3 rings (SSSR count). The van der Waals surface area contributed by atoms with E-state index in [1.54, 1.807) is 55.5 Å². The second-order valence-electron chi connectivity index (χ2n) is 7.62. The highest BCUT2D eigenvalue weighted by Gasteiger charge is 2.11. The lowest BCUT2D eigenvalue weighted by Gasteiger charge is -2.09. The van der Waals surface area contributed by atoms with Gasteiger partial charge in [-0.05, 0) is 73.0 Å². The van der Waals surface area contributed by atoms with Crippen LogP contribution in [-0.4, -0.2) is 33.3 Å². The van der Waals surface area contributed by atoms with Gasteiger partial charge in [0.15, 0.2) is 5.78 Å². The van der Waals surface area contributed by atoms with Crippen LogP contribution in [0.1, 0.15) is 49.0 Å². The zero-order valence-electron chi connectivity index (χ0n) is 19.9. The number of carbonyl (C=O) groups excluding carboxylic acids is 2. The van der Waals surface area contributed by atoms with Gasteiger partial charge in [-0.15, -0.1) is 0 Å². The predicted octanol–water partition coefficient (Wildman–Crippen LogP) is 5.86. The van der Waals surface area contributed by atoms with Crippen LogP contribution >= 0.6 is 11.6 Å². The summed E-state index contributed by atoms with van der Waals surface area (Å²) in [6, 6.07) is 15.9. The highest BCUT2D eigenvalue weighted by atomic mass is 35.5. The van der Waals surface area contributed by atoms with Crippen molar-refractivity contribution in [2.24, 2.45) is 0 Å². The zero-order valence-corrected chi connectivity index (χ0v) is 20.7. The number of carbonyl (C=O) groups is 2. The second-order valence-corrected chi connectivity index (χ2v) is 7.96. The lowest BCUT2D eigenvalue weighted by atomic mass is 10.1. The van der Waals surface area contributed by atoms with Crippen molar-refractivity contribution in [2.45, 2.75) is 33.1 Å². The van der Waals surface area contributed by atoms with Crippen LogP contribution in [0.5, 0.6) is 0 Å². The Bertz CT molecular complexity index is 1280. The molecule has 0 aliphatic heterocycles. The molecule has 0 saturated heterocycles. The fourth-order valence-electron chi connectivity index (χ4n) is 3.12. The van der Waals surface area contributed by atoms with Crippen LogP contribution in [0.15, 0.2) is 54.1 Å². The Morgan fingerprint density at radius 3 is 2.08 bits per heavy atom. The minimum Gasteiger partial charge on any atom is -0.462 e. The van der Waals surface area contributed by atoms with E-state index in [-0.39, 0.29) is 35.1 Å². The first-order chi connectivity index (χ1) is 17.4. The number of rotatable bonds is 11. The topological polar surface area (TPSA) is 130 Å². The number of hydrogen-bond donors (Lipinski definition) is 2. The Morgan fingerprint density at radius 2 is 1.56 bits per heavy atom. The predicted molar refractivity (Wildman–Crippen MR) is 138 cm³/mol. The normalized spacial score (nSPS) is 10.9. The van der Waals surface area contributed by atoms with Gasteiger partial charge in [0.25, 0.3) is 0 Å². The standard InChI is InChI=1S/C26H25ClN6O3/c1-3-5-6-22(34)18-9-13-21(14-10-18)30-26-32-24(27)31-25(33-26)29-20-11-7-17(8-12-20)15-19(16-28)23(35)36-4-2/h7-15H,3-6H2,1-2H3,(H2,29,30,31,32,33)/b19-15+. The highest BCUT2D eigenvalue weighted by Crippen LogP contribution is 2.21. The van der Waals surface area contributed by atoms with Crippen LogP contribution in [0.2, 0.25) is 5.28 Å². The highest BCUT2D eigenvalue weighted by molar-refractivity contribution is 6.28. The molecule has 0 aliphatic carbocycles. The van der Waals surface area contributed by atoms with Crippen molar-refractivity contribution in [1.29, 1.82) is 5.26 Å². The number of Topliss-reactive ketones (excluding diaryl/α,β-unsaturated/α-hetero) is 1. The molecule has 10 heteroatoms. The molecule has 1 aromatic heterocycles. The minimum atomic E-state index is -0.667. The molecule has 36 heavy (non-hydrogen) atoms. The number of hydrogen-bond acceptors (Lipinski definition) is 9. The summed E-state index contributed by atoms with van der Waals surface area (Å²) >= 11 is 6.08. The number of nitrogens with one attached hydrogen (secondary N) is 2. The summed E-state index contributed by atoms with van der Waals surface area (Å²) in [5, 5.41) is 15.3. The van der Waals surface area contributed by atoms with Gasteiger partial charge in [0, 0.05) is 23.4 Å². The van der Waals surface area contributed by atoms with Gasteiger partial charge >= 0.3 is 5.97 Å². The molecule has 9 nitrogen and oxygen atoms in total. The molecule has 0 unspecified atom stereocenters. The Labute approximate surface area is 214 Å². The number of nitriles is 1. The maximum Gasteiger partial charge on any atom is 0.348 e. The third-order valence-corrected chi connectivity index (χ3v) is 5.09. The number of ether oxygens (including phenoxy) is 1. The Hall–Kier alpha value is -4.29. The second kappa shape index (κ2) is 13.0. The number of unbranched alkanes of at least 4 members (excludes halogenated alkanes) is 1. The average Bonchev–Trinajstić information content (AvgIpc) is 2.87. The Morgan fingerprint density at radius 1 is 0.972 bits per heavy atom. The first kappa shape index (κ1) is 26.3. The number of ketones is 1. The van der Waals surface area contributed by atoms with Crippen LogP contribution in [0.4, 0.5) is 23.3 Å². The van der Waals surface area contributed by atoms with E-state index in [0.717, 1.165) is 12.8 Å². The molecule has 0 saturated carbocycles. The molecule has 0 radical (unpaired) electrons. The van der Waals surface area contributed by atoms with Crippen molar-refractivity contribution in [2.75, 3.05) is 17.2 Å². The van der Waals surface area contributed by atoms with E-state index in [2.05, 4.69) is 32.5 Å². The van der Waals surface area contributed by atoms with Crippen LogP contribution in [0.25, 0.3) is 6.08 Å². The SMILES string of the molecule is CCCCC(=O)c1ccc(Nc2nc(Cl)nc(Nc3ccc(/C=C(\C#N)C(=O)OCC)cc3)n2)cc1. The first-order valence-corrected chi connectivity index (χ1v) is 11.8. The van der Waals surface area contributed by atoms with Crippen molar-refractivity contribution < 1.29 is 14.3 Å². The van der Waals surface area contributed by atoms with Gasteiger partial charge < -0.3 is 15.4 Å². The van der Waals surface area contributed by atoms with Crippen LogP contribution < -0.4 is 10.6 Å². The molecule has 0 aliphatic rings. The van der Waals surface area contributed by atoms with E-state index in [0.29, 0.717) is 28.9 Å². The summed E-state index contributed by atoms with van der Waals surface area (Å²) < 4.78 is 4.87. The van der Waals surface area contributed by atoms with Gasteiger partial charge in [-0.3, -0.25) is 4.79 Å². The van der Waals surface area contributed by atoms with Gasteiger partial charge in [-0.2, -0.15) is 20.2 Å². The molecule has 2 N–H and O–H groups in total. The lowest BCUT2D eigenvalue weighted by Crippen LogP contribution is -2.06. The minimum absolute atomic E-state index is 0.00554. The van der Waals surface area contributed by atoms with Gasteiger partial charge in [-0.25, -0.2) is 4.79 Å². The smallest absolute Gasteiger partial charge is 0.348 e. The monoisotopic (exact) mass is 504 g/mol. The summed E-state index contributed by atoms with van der Waals surface area (Å²) in [6.45, 7) is 3.92. The maximum atomic E-state index is 12.2. The summed E-state index contributed by atoms with van der Waals surface area (Å²) in [6.07, 6.45) is 3.82. The zero-order chi connectivity index (χ0) is 25.9. The van der Waals surface area contributed by atoms with Crippen LogP contribution in [-0.2, 0) is 9.53 Å². The molecule has 0 atom stereocenters. The number of nitrogens with zero attached hydrogens (tertiary/aromatic N) is 4. The van der Waals surface area contributed by atoms with Crippen molar-refractivity contribution >= 4 is 52.7 Å². The Balaban J connectivity index is 1.69. The molecular weight excluding hydrogens is 480 g/mol. The van der Waals surface area contributed by atoms with Gasteiger partial charge in [0.1, 0.15) is 11.6 Å². The third-order valence-electron chi connectivity index (χ3n) is 4.92. The van der Waals surface area contributed by atoms with E-state index < -0.39 is 5.97 Å². The van der Waals surface area contributed by atoms with Crippen molar-refractivity contribution in [3.8, 4) is 6.07 Å². The molecular formula is C26H25ClN6O3. The molecule has 0 amide bonds. The van der Waals surface area contributed by atoms with Crippen molar-refractivity contribution in [3.63, 3.8) is 0 Å². The fourth-order valence-corrected chi connectivity index (χ4v) is 3.28. The van der Waals surface area contributed by atoms with Crippen LogP contribution in [0.3, 0.4) is 0 Å². The number of anilines is 4. The molecule has 1 heterocycles. The van der Waals surface area contributed by atoms with Crippen molar-refractivity contribution in [1.82, 2.24) is 15.0 Å². The number of halogens is 1. The molecule has 184 valence electrons. The van der Waals surface area contributed by atoms with E-state index >= 15 is 0 Å². The largest absolute Gasteiger partial charge is 0.462 e. The maximum absolute atomic E-state index is 12.2. The molecule has 0 spiro atoms. The lowest BCUT2D eigenvalue weighted by molar-refractivity contribution is -0.137. The van der Waals surface area contributed by atoms with E-state index in [1.807, 2.05) is 6.07 Å². The quantitative estimate of drug-likeness (QED) is 0.143. The summed E-state index contributed by atoms with van der Waals surface area (Å²) in [7, 11) is 0. The third kappa shape index (κ3) is 7.61. The molecule has 3 aromatic rings. The van der Waals surface area contributed by atoms with Gasteiger partial charge in [0.2, 0.25) is 17.2 Å². The van der Waals surface area contributed by atoms with Crippen molar-refractivity contribution in [3.05, 3.63) is 70.5 Å². The number of aromatic nitrogens is 3. The summed E-state index contributed by atoms with van der Waals surface area (Å²) in [5.74, 6) is -0.101. The van der Waals surface area contributed by atoms with E-state index in [4.69, 9.17) is 16.3 Å². The number of esters is 1. The fraction of sp³-hybridized carbons (Fsp3) is 0.231. The summed E-state index contributed by atoms with van der Waals surface area (Å²) in [5.41, 5.74) is 2.58. The van der Waals surface area contributed by atoms with Gasteiger partial charge in [0.05, 0.1) is 6.61 Å². The van der Waals surface area contributed by atoms with Crippen LogP contribution in [0, 0.1) is 11.3 Å². The molecule has 0 fully saturated rings. The number of benzene rings is 2. The average molecular weight is 505 g/mol. The summed E-state index contributed by atoms with van der Waals surface area (Å²) in [4.78, 5) is 36.5. The molecule has 0 bridgehead atoms. The first-order valence-electron chi connectivity index (χ1n) is 11.4. The van der Waals surface area contributed by atoms with E-state index in [1.165, 1.54) is 6.08 Å².